The van der Waals surface area contributed by atoms with E-state index in [-0.39, 0.29) is 25.0 Å². The predicted molar refractivity (Wildman–Crippen MR) is 101 cm³/mol. The van der Waals surface area contributed by atoms with Gasteiger partial charge in [-0.05, 0) is 24.1 Å². The molecule has 0 saturated heterocycles. The van der Waals surface area contributed by atoms with E-state index in [0.29, 0.717) is 0 Å². The number of aromatic amines is 1. The average molecular weight is 350 g/mol. The zero-order valence-corrected chi connectivity index (χ0v) is 14.9. The normalized spacial score (nSPS) is 11.9. The van der Waals surface area contributed by atoms with Crippen LogP contribution in [0.1, 0.15) is 24.1 Å². The van der Waals surface area contributed by atoms with E-state index < -0.39 is 5.97 Å². The van der Waals surface area contributed by atoms with Crippen molar-refractivity contribution in [1.82, 2.24) is 9.88 Å². The maximum Gasteiger partial charge on any atom is 0.310 e. The molecule has 1 heterocycles. The molecule has 0 aliphatic heterocycles. The van der Waals surface area contributed by atoms with Crippen molar-refractivity contribution >= 4 is 22.8 Å². The maximum absolute atomic E-state index is 12.3. The minimum Gasteiger partial charge on any atom is -0.455 e. The Balaban J connectivity index is 1.54. The highest BCUT2D eigenvalue weighted by Gasteiger charge is 2.19. The molecule has 0 saturated carbocycles. The molecule has 0 radical (unpaired) electrons. The Kier molecular flexibility index (Phi) is 5.37. The summed E-state index contributed by atoms with van der Waals surface area (Å²) in [7, 11) is 1.72. The van der Waals surface area contributed by atoms with Gasteiger partial charge in [0.2, 0.25) is 0 Å². The third kappa shape index (κ3) is 3.94. The topological polar surface area (TPSA) is 62.4 Å². The zero-order chi connectivity index (χ0) is 18.5. The van der Waals surface area contributed by atoms with Crippen molar-refractivity contribution in [3.05, 3.63) is 71.9 Å². The molecule has 2 aromatic carbocycles. The number of benzene rings is 2. The summed E-state index contributed by atoms with van der Waals surface area (Å²) in [5.74, 6) is -0.641. The molecule has 3 rings (SSSR count). The summed E-state index contributed by atoms with van der Waals surface area (Å²) in [6.07, 6.45) is 1.94. The first-order valence-corrected chi connectivity index (χ1v) is 8.57. The second-order valence-electron chi connectivity index (χ2n) is 6.29. The Morgan fingerprint density at radius 2 is 1.77 bits per heavy atom. The van der Waals surface area contributed by atoms with Crippen molar-refractivity contribution in [3.8, 4) is 0 Å². The minimum atomic E-state index is -0.413. The summed E-state index contributed by atoms with van der Waals surface area (Å²) in [6, 6.07) is 17.4. The number of hydrogen-bond acceptors (Lipinski definition) is 3. The lowest BCUT2D eigenvalue weighted by molar-refractivity contribution is -0.151. The number of hydrogen-bond donors (Lipinski definition) is 1. The second kappa shape index (κ2) is 7.87. The smallest absolute Gasteiger partial charge is 0.310 e. The number of carbonyl (C=O) groups excluding carboxylic acids is 2. The first-order valence-electron chi connectivity index (χ1n) is 8.57. The van der Waals surface area contributed by atoms with Gasteiger partial charge in [0.25, 0.3) is 5.91 Å². The fourth-order valence-corrected chi connectivity index (χ4v) is 2.90. The molecule has 5 nitrogen and oxygen atoms in total. The van der Waals surface area contributed by atoms with Crippen LogP contribution in [-0.2, 0) is 20.7 Å². The summed E-state index contributed by atoms with van der Waals surface area (Å²) in [5.41, 5.74) is 2.88. The Morgan fingerprint density at radius 3 is 2.54 bits per heavy atom. The zero-order valence-electron chi connectivity index (χ0n) is 14.9. The highest BCUT2D eigenvalue weighted by atomic mass is 16.5. The number of carbonyl (C=O) groups is 2. The molecular formula is C21H22N2O3. The molecule has 1 aromatic heterocycles. The Morgan fingerprint density at radius 1 is 1.08 bits per heavy atom. The molecule has 0 fully saturated rings. The van der Waals surface area contributed by atoms with Crippen LogP contribution < -0.4 is 0 Å². The standard InChI is InChI=1S/C21H22N2O3/c1-15(16-8-4-3-5-9-16)23(2)20(24)14-26-21(25)12-17-13-22-19-11-7-6-10-18(17)19/h3-11,13,15,22H,12,14H2,1-2H3. The number of amides is 1. The van der Waals surface area contributed by atoms with Crippen molar-refractivity contribution in [3.63, 3.8) is 0 Å². The van der Waals surface area contributed by atoms with Gasteiger partial charge in [-0.25, -0.2) is 0 Å². The summed E-state index contributed by atoms with van der Waals surface area (Å²) in [6.45, 7) is 1.69. The van der Waals surface area contributed by atoms with Gasteiger partial charge in [0, 0.05) is 24.1 Å². The molecule has 1 amide bonds. The van der Waals surface area contributed by atoms with Crippen molar-refractivity contribution in [2.24, 2.45) is 0 Å². The number of nitrogens with one attached hydrogen (secondary N) is 1. The van der Waals surface area contributed by atoms with Crippen LogP contribution in [0.4, 0.5) is 0 Å². The number of ether oxygens (including phenoxy) is 1. The maximum atomic E-state index is 12.3. The lowest BCUT2D eigenvalue weighted by Crippen LogP contribution is -2.33. The molecular weight excluding hydrogens is 328 g/mol. The molecule has 1 unspecified atom stereocenters. The Labute approximate surface area is 152 Å². The number of aromatic nitrogens is 1. The van der Waals surface area contributed by atoms with Crippen LogP contribution in [0, 0.1) is 0 Å². The molecule has 134 valence electrons. The van der Waals surface area contributed by atoms with Crippen LogP contribution in [0.15, 0.2) is 60.8 Å². The third-order valence-corrected chi connectivity index (χ3v) is 4.62. The Bertz CT molecular complexity index is 902. The van der Waals surface area contributed by atoms with Crippen molar-refractivity contribution in [2.45, 2.75) is 19.4 Å². The van der Waals surface area contributed by atoms with Crippen molar-refractivity contribution in [2.75, 3.05) is 13.7 Å². The Hall–Kier alpha value is -3.08. The first-order chi connectivity index (χ1) is 12.6. The van der Waals surface area contributed by atoms with Crippen molar-refractivity contribution < 1.29 is 14.3 Å². The van der Waals surface area contributed by atoms with Crippen LogP contribution in [-0.4, -0.2) is 35.4 Å². The number of H-pyrrole nitrogens is 1. The van der Waals surface area contributed by atoms with E-state index >= 15 is 0 Å². The van der Waals surface area contributed by atoms with E-state index in [0.717, 1.165) is 22.0 Å². The summed E-state index contributed by atoms with van der Waals surface area (Å²) >= 11 is 0. The molecule has 1 atom stereocenters. The molecule has 1 N–H and O–H groups in total. The molecule has 26 heavy (non-hydrogen) atoms. The van der Waals surface area contributed by atoms with Gasteiger partial charge in [-0.3, -0.25) is 9.59 Å². The van der Waals surface area contributed by atoms with Crippen LogP contribution in [0.2, 0.25) is 0 Å². The van der Waals surface area contributed by atoms with Gasteiger partial charge >= 0.3 is 5.97 Å². The van der Waals surface area contributed by atoms with Gasteiger partial charge in [0.1, 0.15) is 0 Å². The molecule has 5 heteroatoms. The van der Waals surface area contributed by atoms with Gasteiger partial charge < -0.3 is 14.6 Å². The predicted octanol–water partition coefficient (Wildman–Crippen LogP) is 3.47. The average Bonchev–Trinajstić information content (AvgIpc) is 3.08. The number of para-hydroxylation sites is 1. The second-order valence-corrected chi connectivity index (χ2v) is 6.29. The SMILES string of the molecule is CC(c1ccccc1)N(C)C(=O)COC(=O)Cc1c[nH]c2ccccc12. The van der Waals surface area contributed by atoms with Gasteiger partial charge in [-0.1, -0.05) is 48.5 Å². The summed E-state index contributed by atoms with van der Waals surface area (Å²) in [4.78, 5) is 29.2. The van der Waals surface area contributed by atoms with E-state index in [9.17, 15) is 9.59 Å². The van der Waals surface area contributed by atoms with Gasteiger partial charge in [0.15, 0.2) is 6.61 Å². The lowest BCUT2D eigenvalue weighted by atomic mass is 10.1. The molecule has 3 aromatic rings. The summed E-state index contributed by atoms with van der Waals surface area (Å²) in [5, 5.41) is 0.991. The summed E-state index contributed by atoms with van der Waals surface area (Å²) < 4.78 is 5.19. The molecule has 0 spiro atoms. The van der Waals surface area contributed by atoms with Gasteiger partial charge in [0.05, 0.1) is 12.5 Å². The molecule has 0 aliphatic rings. The first kappa shape index (κ1) is 17.7. The van der Waals surface area contributed by atoms with Gasteiger partial charge in [-0.15, -0.1) is 0 Å². The molecule has 0 bridgehead atoms. The van der Waals surface area contributed by atoms with E-state index in [1.807, 2.05) is 61.5 Å². The van der Waals surface area contributed by atoms with Crippen LogP contribution in [0.3, 0.4) is 0 Å². The van der Waals surface area contributed by atoms with E-state index in [1.165, 1.54) is 0 Å². The van der Waals surface area contributed by atoms with Crippen LogP contribution in [0.25, 0.3) is 10.9 Å². The fraction of sp³-hybridized carbons (Fsp3) is 0.238. The number of likely N-dealkylation sites (N-methyl/N-ethyl adjacent to an activating group) is 1. The van der Waals surface area contributed by atoms with E-state index in [2.05, 4.69) is 4.98 Å². The monoisotopic (exact) mass is 350 g/mol. The van der Waals surface area contributed by atoms with E-state index in [4.69, 9.17) is 4.74 Å². The van der Waals surface area contributed by atoms with Crippen LogP contribution >= 0.6 is 0 Å². The lowest BCUT2D eigenvalue weighted by Gasteiger charge is -2.25. The van der Waals surface area contributed by atoms with Crippen LogP contribution in [0.5, 0.6) is 0 Å². The van der Waals surface area contributed by atoms with Crippen molar-refractivity contribution in [1.29, 1.82) is 0 Å². The fourth-order valence-electron chi connectivity index (χ4n) is 2.90. The third-order valence-electron chi connectivity index (χ3n) is 4.62. The highest BCUT2D eigenvalue weighted by molar-refractivity contribution is 5.88. The quantitative estimate of drug-likeness (QED) is 0.693. The number of fused-ring (bicyclic) bond motifs is 1. The number of nitrogens with zero attached hydrogens (tertiary/aromatic N) is 1. The molecule has 0 aliphatic carbocycles. The minimum absolute atomic E-state index is 0.0870. The van der Waals surface area contributed by atoms with E-state index in [1.54, 1.807) is 18.1 Å². The highest BCUT2D eigenvalue weighted by Crippen LogP contribution is 2.19. The number of rotatable bonds is 6. The largest absolute Gasteiger partial charge is 0.455 e. The van der Waals surface area contributed by atoms with Gasteiger partial charge in [-0.2, -0.15) is 0 Å². The number of esters is 1.